The number of anilines is 2. The number of alkyl halides is 3. The summed E-state index contributed by atoms with van der Waals surface area (Å²) in [6.45, 7) is 3.64. The Morgan fingerprint density at radius 2 is 1.63 bits per heavy atom. The van der Waals surface area contributed by atoms with Gasteiger partial charge in [-0.05, 0) is 111 Å². The molecule has 0 heterocycles. The van der Waals surface area contributed by atoms with E-state index in [1.807, 2.05) is 26.0 Å². The fourth-order valence-corrected chi connectivity index (χ4v) is 4.69. The van der Waals surface area contributed by atoms with Crippen LogP contribution in [-0.2, 0) is 15.8 Å². The monoisotopic (exact) mass is 649 g/mol. The molecule has 196 valence electrons. The topological polar surface area (TPSA) is 91.2 Å². The fourth-order valence-electron chi connectivity index (χ4n) is 3.24. The van der Waals surface area contributed by atoms with Gasteiger partial charge in [0.25, 0.3) is 11.8 Å². The quantitative estimate of drug-likeness (QED) is 0.206. The van der Waals surface area contributed by atoms with Crippen LogP contribution in [0, 0.1) is 25.2 Å². The van der Waals surface area contributed by atoms with Gasteiger partial charge in [0.2, 0.25) is 0 Å². The van der Waals surface area contributed by atoms with Crippen molar-refractivity contribution in [2.75, 3.05) is 17.2 Å². The van der Waals surface area contributed by atoms with Gasteiger partial charge in [-0.3, -0.25) is 9.59 Å². The van der Waals surface area contributed by atoms with Gasteiger partial charge < -0.3 is 15.4 Å². The summed E-state index contributed by atoms with van der Waals surface area (Å²) < 4.78 is 45.3. The van der Waals surface area contributed by atoms with E-state index in [9.17, 15) is 28.0 Å². The van der Waals surface area contributed by atoms with Crippen molar-refractivity contribution in [2.24, 2.45) is 0 Å². The number of carbonyl (C=O) groups excluding carboxylic acids is 2. The van der Waals surface area contributed by atoms with Crippen LogP contribution in [0.25, 0.3) is 6.08 Å². The smallest absolute Gasteiger partial charge is 0.416 e. The maximum Gasteiger partial charge on any atom is 0.416 e. The van der Waals surface area contributed by atoms with E-state index < -0.39 is 17.6 Å². The van der Waals surface area contributed by atoms with E-state index in [1.54, 1.807) is 24.3 Å². The van der Waals surface area contributed by atoms with Crippen LogP contribution in [0.15, 0.2) is 69.1 Å². The van der Waals surface area contributed by atoms with Gasteiger partial charge in [0, 0.05) is 11.4 Å². The lowest BCUT2D eigenvalue weighted by atomic mass is 10.1. The molecule has 0 aromatic heterocycles. The molecule has 3 aromatic carbocycles. The third kappa shape index (κ3) is 7.69. The van der Waals surface area contributed by atoms with Crippen molar-refractivity contribution < 1.29 is 27.5 Å². The molecule has 0 spiro atoms. The molecule has 0 fully saturated rings. The molecule has 0 saturated heterocycles. The highest BCUT2D eigenvalue weighted by Gasteiger charge is 2.30. The minimum atomic E-state index is -4.57. The third-order valence-electron chi connectivity index (χ3n) is 5.28. The molecule has 11 heteroatoms. The van der Waals surface area contributed by atoms with Crippen LogP contribution in [0.1, 0.15) is 22.3 Å². The Morgan fingerprint density at radius 1 is 0.974 bits per heavy atom. The number of amides is 2. The first kappa shape index (κ1) is 28.9. The van der Waals surface area contributed by atoms with Crippen molar-refractivity contribution in [3.05, 3.63) is 91.4 Å². The average Bonchev–Trinajstić information content (AvgIpc) is 2.84. The standard InChI is InChI=1S/C27H20Br2F3N3O3/c1-15-6-7-21(8-16(15)2)34-24(36)14-38-25-22(28)10-17(11-23(25)29)9-18(13-33)26(37)35-20-5-3-4-19(12-20)27(30,31)32/h3-12H,14H2,1-2H3,(H,34,36)(H,35,37)/b18-9+. The van der Waals surface area contributed by atoms with Crippen LogP contribution < -0.4 is 15.4 Å². The molecule has 2 N–H and O–H groups in total. The second-order valence-corrected chi connectivity index (χ2v) is 9.86. The highest BCUT2D eigenvalue weighted by molar-refractivity contribution is 9.11. The fraction of sp³-hybridized carbons (Fsp3) is 0.148. The molecular weight excluding hydrogens is 631 g/mol. The minimum Gasteiger partial charge on any atom is -0.481 e. The van der Waals surface area contributed by atoms with Gasteiger partial charge >= 0.3 is 6.18 Å². The summed E-state index contributed by atoms with van der Waals surface area (Å²) in [7, 11) is 0. The van der Waals surface area contributed by atoms with Gasteiger partial charge in [0.05, 0.1) is 14.5 Å². The van der Waals surface area contributed by atoms with Crippen LogP contribution in [0.2, 0.25) is 0 Å². The number of nitrogens with zero attached hydrogens (tertiary/aromatic N) is 1. The van der Waals surface area contributed by atoms with E-state index in [0.717, 1.165) is 29.3 Å². The number of aryl methyl sites for hydroxylation is 2. The molecule has 0 bridgehead atoms. The Labute approximate surface area is 233 Å². The molecular formula is C27H20Br2F3N3O3. The van der Waals surface area contributed by atoms with E-state index in [0.29, 0.717) is 25.9 Å². The van der Waals surface area contributed by atoms with Crippen LogP contribution in [0.5, 0.6) is 5.75 Å². The Balaban J connectivity index is 1.70. The summed E-state index contributed by atoms with van der Waals surface area (Å²) in [6.07, 6.45) is -3.30. The SMILES string of the molecule is Cc1ccc(NC(=O)COc2c(Br)cc(/C=C(\C#N)C(=O)Nc3cccc(C(F)(F)F)c3)cc2Br)cc1C. The predicted molar refractivity (Wildman–Crippen MR) is 146 cm³/mol. The van der Waals surface area contributed by atoms with Gasteiger partial charge in [-0.15, -0.1) is 0 Å². The number of nitriles is 1. The first-order valence-corrected chi connectivity index (χ1v) is 12.6. The zero-order valence-electron chi connectivity index (χ0n) is 20.0. The molecule has 0 radical (unpaired) electrons. The first-order chi connectivity index (χ1) is 17.9. The van der Waals surface area contributed by atoms with E-state index in [2.05, 4.69) is 42.5 Å². The highest BCUT2D eigenvalue weighted by Crippen LogP contribution is 2.36. The van der Waals surface area contributed by atoms with Crippen LogP contribution in [-0.4, -0.2) is 18.4 Å². The van der Waals surface area contributed by atoms with Gasteiger partial charge in [-0.1, -0.05) is 12.1 Å². The first-order valence-electron chi connectivity index (χ1n) is 11.0. The molecule has 3 aromatic rings. The molecule has 2 amide bonds. The van der Waals surface area contributed by atoms with Crippen LogP contribution in [0.3, 0.4) is 0 Å². The second kappa shape index (κ2) is 12.3. The normalized spacial score (nSPS) is 11.5. The van der Waals surface area contributed by atoms with Crippen molar-refractivity contribution >= 4 is 61.1 Å². The summed E-state index contributed by atoms with van der Waals surface area (Å²) in [5.41, 5.74) is 1.86. The number of benzene rings is 3. The summed E-state index contributed by atoms with van der Waals surface area (Å²) in [6, 6.07) is 14.5. The van der Waals surface area contributed by atoms with Crippen molar-refractivity contribution in [3.63, 3.8) is 0 Å². The van der Waals surface area contributed by atoms with E-state index in [-0.39, 0.29) is 23.8 Å². The summed E-state index contributed by atoms with van der Waals surface area (Å²) in [5, 5.41) is 14.5. The lowest BCUT2D eigenvalue weighted by Gasteiger charge is -2.12. The zero-order valence-corrected chi connectivity index (χ0v) is 23.2. The Hall–Kier alpha value is -3.62. The van der Waals surface area contributed by atoms with Crippen molar-refractivity contribution in [1.29, 1.82) is 5.26 Å². The lowest BCUT2D eigenvalue weighted by Crippen LogP contribution is -2.20. The van der Waals surface area contributed by atoms with Gasteiger partial charge in [0.15, 0.2) is 6.61 Å². The number of ether oxygens (including phenoxy) is 1. The van der Waals surface area contributed by atoms with Gasteiger partial charge in [0.1, 0.15) is 17.4 Å². The predicted octanol–water partition coefficient (Wildman–Crippen LogP) is 7.41. The van der Waals surface area contributed by atoms with Crippen LogP contribution >= 0.6 is 31.9 Å². The molecule has 0 aliphatic heterocycles. The van der Waals surface area contributed by atoms with Crippen molar-refractivity contribution in [3.8, 4) is 11.8 Å². The Bertz CT molecular complexity index is 1440. The number of hydrogen-bond donors (Lipinski definition) is 2. The molecule has 0 unspecified atom stereocenters. The molecule has 0 atom stereocenters. The lowest BCUT2D eigenvalue weighted by molar-refractivity contribution is -0.137. The van der Waals surface area contributed by atoms with E-state index >= 15 is 0 Å². The molecule has 3 rings (SSSR count). The zero-order chi connectivity index (χ0) is 28.0. The summed E-state index contributed by atoms with van der Waals surface area (Å²) >= 11 is 6.71. The Kier molecular flexibility index (Phi) is 9.36. The maximum absolute atomic E-state index is 12.9. The molecule has 0 saturated carbocycles. The molecule has 0 aliphatic carbocycles. The third-order valence-corrected chi connectivity index (χ3v) is 6.46. The summed E-state index contributed by atoms with van der Waals surface area (Å²) in [4.78, 5) is 24.9. The number of halogens is 5. The second-order valence-electron chi connectivity index (χ2n) is 8.15. The van der Waals surface area contributed by atoms with E-state index in [4.69, 9.17) is 4.74 Å². The average molecular weight is 651 g/mol. The highest BCUT2D eigenvalue weighted by atomic mass is 79.9. The van der Waals surface area contributed by atoms with E-state index in [1.165, 1.54) is 12.1 Å². The minimum absolute atomic E-state index is 0.101. The number of nitrogens with one attached hydrogen (secondary N) is 2. The maximum atomic E-state index is 12.9. The largest absolute Gasteiger partial charge is 0.481 e. The number of rotatable bonds is 7. The summed E-state index contributed by atoms with van der Waals surface area (Å²) in [5.74, 6) is -0.916. The number of carbonyl (C=O) groups is 2. The molecule has 6 nitrogen and oxygen atoms in total. The van der Waals surface area contributed by atoms with Crippen molar-refractivity contribution in [2.45, 2.75) is 20.0 Å². The molecule has 0 aliphatic rings. The Morgan fingerprint density at radius 3 is 2.24 bits per heavy atom. The van der Waals surface area contributed by atoms with Crippen LogP contribution in [0.4, 0.5) is 24.5 Å². The van der Waals surface area contributed by atoms with Crippen molar-refractivity contribution in [1.82, 2.24) is 0 Å². The van der Waals surface area contributed by atoms with Gasteiger partial charge in [-0.2, -0.15) is 18.4 Å². The number of hydrogen-bond acceptors (Lipinski definition) is 4. The molecule has 38 heavy (non-hydrogen) atoms. The van der Waals surface area contributed by atoms with Gasteiger partial charge in [-0.25, -0.2) is 0 Å².